The fraction of sp³-hybridized carbons (Fsp3) is 0.389. The third kappa shape index (κ3) is 2.75. The third-order valence-corrected chi connectivity index (χ3v) is 5.23. The normalized spacial score (nSPS) is 19.1. The molecule has 0 N–H and O–H groups in total. The van der Waals surface area contributed by atoms with Crippen molar-refractivity contribution in [3.8, 4) is 0 Å². The van der Waals surface area contributed by atoms with E-state index in [1.165, 1.54) is 0 Å². The number of rotatable bonds is 3. The van der Waals surface area contributed by atoms with Gasteiger partial charge in [0.15, 0.2) is 5.65 Å². The first-order chi connectivity index (χ1) is 13.2. The summed E-state index contributed by atoms with van der Waals surface area (Å²) in [5, 5.41) is 12.5. The van der Waals surface area contributed by atoms with Gasteiger partial charge in [-0.05, 0) is 19.1 Å². The van der Waals surface area contributed by atoms with Crippen molar-refractivity contribution >= 4 is 17.4 Å². The van der Waals surface area contributed by atoms with E-state index in [0.29, 0.717) is 19.5 Å². The van der Waals surface area contributed by atoms with Gasteiger partial charge in [-0.1, -0.05) is 12.2 Å². The molecule has 5 heterocycles. The van der Waals surface area contributed by atoms with E-state index in [2.05, 4.69) is 31.7 Å². The zero-order chi connectivity index (χ0) is 18.4. The lowest BCUT2D eigenvalue weighted by Crippen LogP contribution is -2.37. The molecule has 1 amide bonds. The van der Waals surface area contributed by atoms with E-state index in [9.17, 15) is 4.79 Å². The lowest BCUT2D eigenvalue weighted by Gasteiger charge is -2.34. The van der Waals surface area contributed by atoms with Gasteiger partial charge in [0, 0.05) is 32.4 Å². The number of nitrogens with zero attached hydrogens (tertiary/aromatic N) is 8. The molecule has 0 bridgehead atoms. The topological polar surface area (TPSA) is 84.5 Å². The van der Waals surface area contributed by atoms with Crippen molar-refractivity contribution < 1.29 is 4.79 Å². The molecule has 0 saturated carbocycles. The average Bonchev–Trinajstić information content (AvgIpc) is 3.41. The molecule has 3 aromatic rings. The van der Waals surface area contributed by atoms with Gasteiger partial charge in [-0.15, -0.1) is 15.3 Å². The number of hydrogen-bond acceptors (Lipinski definition) is 6. The van der Waals surface area contributed by atoms with Crippen LogP contribution in [-0.4, -0.2) is 59.8 Å². The van der Waals surface area contributed by atoms with Gasteiger partial charge in [0.1, 0.15) is 18.0 Å². The molecule has 27 heavy (non-hydrogen) atoms. The summed E-state index contributed by atoms with van der Waals surface area (Å²) >= 11 is 0. The monoisotopic (exact) mass is 364 g/mol. The fourth-order valence-corrected chi connectivity index (χ4v) is 3.77. The largest absolute Gasteiger partial charge is 0.343 e. The minimum Gasteiger partial charge on any atom is -0.343 e. The van der Waals surface area contributed by atoms with Gasteiger partial charge in [0.05, 0.1) is 18.2 Å². The number of hydrogen-bond donors (Lipinski definition) is 0. The van der Waals surface area contributed by atoms with Crippen LogP contribution in [0, 0.1) is 0 Å². The van der Waals surface area contributed by atoms with Gasteiger partial charge in [-0.25, -0.2) is 4.98 Å². The molecular weight excluding hydrogens is 344 g/mol. The summed E-state index contributed by atoms with van der Waals surface area (Å²) in [5.41, 5.74) is 1.56. The average molecular weight is 364 g/mol. The molecule has 2 aliphatic rings. The van der Waals surface area contributed by atoms with Gasteiger partial charge < -0.3 is 14.4 Å². The SMILES string of the molecule is CC1c2nc(CC(=O)N3CC=CC3)cn2CCN1c1ccc2nncn2n1. The van der Waals surface area contributed by atoms with Crippen LogP contribution >= 0.6 is 0 Å². The maximum absolute atomic E-state index is 12.4. The highest BCUT2D eigenvalue weighted by atomic mass is 16.2. The molecule has 138 valence electrons. The second kappa shape index (κ2) is 6.19. The summed E-state index contributed by atoms with van der Waals surface area (Å²) in [7, 11) is 0. The van der Waals surface area contributed by atoms with Gasteiger partial charge in [0.2, 0.25) is 5.91 Å². The third-order valence-electron chi connectivity index (χ3n) is 5.23. The predicted octanol–water partition coefficient (Wildman–Crippen LogP) is 0.843. The zero-order valence-electron chi connectivity index (χ0n) is 15.1. The Morgan fingerprint density at radius 3 is 2.93 bits per heavy atom. The second-order valence-corrected chi connectivity index (χ2v) is 6.93. The zero-order valence-corrected chi connectivity index (χ0v) is 15.1. The van der Waals surface area contributed by atoms with Crippen LogP contribution in [0.4, 0.5) is 5.82 Å². The molecule has 1 atom stereocenters. The smallest absolute Gasteiger partial charge is 0.229 e. The number of aromatic nitrogens is 6. The highest BCUT2D eigenvalue weighted by Gasteiger charge is 2.28. The second-order valence-electron chi connectivity index (χ2n) is 6.93. The van der Waals surface area contributed by atoms with Crippen molar-refractivity contribution in [3.05, 3.63) is 48.3 Å². The minimum atomic E-state index is 0.0671. The number of carbonyl (C=O) groups excluding carboxylic acids is 1. The maximum Gasteiger partial charge on any atom is 0.229 e. The highest BCUT2D eigenvalue weighted by molar-refractivity contribution is 5.79. The van der Waals surface area contributed by atoms with E-state index >= 15 is 0 Å². The van der Waals surface area contributed by atoms with E-state index in [4.69, 9.17) is 4.98 Å². The Kier molecular flexibility index (Phi) is 3.66. The molecule has 3 aromatic heterocycles. The first-order valence-corrected chi connectivity index (χ1v) is 9.11. The Morgan fingerprint density at radius 1 is 1.22 bits per heavy atom. The van der Waals surface area contributed by atoms with Gasteiger partial charge in [-0.2, -0.15) is 4.52 Å². The van der Waals surface area contributed by atoms with Crippen LogP contribution in [0.5, 0.6) is 0 Å². The first kappa shape index (κ1) is 16.0. The molecule has 5 rings (SSSR count). The van der Waals surface area contributed by atoms with E-state index in [-0.39, 0.29) is 11.9 Å². The Labute approximate surface area is 155 Å². The number of anilines is 1. The molecule has 9 heteroatoms. The first-order valence-electron chi connectivity index (χ1n) is 9.11. The number of carbonyl (C=O) groups is 1. The standard InChI is InChI=1S/C18H20N8O/c1-13-18-20-14(10-17(27)23-6-2-3-7-23)11-24(18)8-9-25(13)16-5-4-15-21-19-12-26(15)22-16/h2-5,11-13H,6-10H2,1H3. The molecule has 0 aliphatic carbocycles. The molecule has 0 aromatic carbocycles. The van der Waals surface area contributed by atoms with E-state index in [1.807, 2.05) is 35.4 Å². The van der Waals surface area contributed by atoms with E-state index in [1.54, 1.807) is 10.8 Å². The maximum atomic E-state index is 12.4. The van der Waals surface area contributed by atoms with Crippen molar-refractivity contribution in [2.24, 2.45) is 0 Å². The van der Waals surface area contributed by atoms with Crippen molar-refractivity contribution in [2.75, 3.05) is 24.5 Å². The minimum absolute atomic E-state index is 0.0671. The van der Waals surface area contributed by atoms with Crippen molar-refractivity contribution in [1.82, 2.24) is 34.3 Å². The fourth-order valence-electron chi connectivity index (χ4n) is 3.77. The number of amides is 1. The highest BCUT2D eigenvalue weighted by Crippen LogP contribution is 2.29. The van der Waals surface area contributed by atoms with E-state index < -0.39 is 0 Å². The van der Waals surface area contributed by atoms with Crippen LogP contribution in [-0.2, 0) is 17.8 Å². The van der Waals surface area contributed by atoms with Crippen LogP contribution in [0.2, 0.25) is 0 Å². The Morgan fingerprint density at radius 2 is 2.07 bits per heavy atom. The quantitative estimate of drug-likeness (QED) is 0.641. The van der Waals surface area contributed by atoms with Crippen molar-refractivity contribution in [2.45, 2.75) is 25.9 Å². The van der Waals surface area contributed by atoms with Gasteiger partial charge in [-0.3, -0.25) is 4.79 Å². The van der Waals surface area contributed by atoms with Gasteiger partial charge >= 0.3 is 0 Å². The van der Waals surface area contributed by atoms with Crippen LogP contribution in [0.1, 0.15) is 24.5 Å². The summed E-state index contributed by atoms with van der Waals surface area (Å²) in [6.07, 6.45) is 8.01. The summed E-state index contributed by atoms with van der Waals surface area (Å²) < 4.78 is 3.83. The Balaban J connectivity index is 1.37. The molecule has 0 saturated heterocycles. The summed E-state index contributed by atoms with van der Waals surface area (Å²) in [6, 6.07) is 3.94. The van der Waals surface area contributed by atoms with Crippen molar-refractivity contribution in [1.29, 1.82) is 0 Å². The lowest BCUT2D eigenvalue weighted by atomic mass is 10.2. The lowest BCUT2D eigenvalue weighted by molar-refractivity contribution is -0.129. The Bertz CT molecular complexity index is 1030. The number of imidazole rings is 1. The van der Waals surface area contributed by atoms with Crippen molar-refractivity contribution in [3.63, 3.8) is 0 Å². The van der Waals surface area contributed by atoms with Crippen LogP contribution in [0.15, 0.2) is 36.8 Å². The molecule has 0 radical (unpaired) electrons. The molecular formula is C18H20N8O. The van der Waals surface area contributed by atoms with Crippen LogP contribution < -0.4 is 4.90 Å². The summed E-state index contributed by atoms with van der Waals surface area (Å²) in [5.74, 6) is 1.96. The van der Waals surface area contributed by atoms with Gasteiger partial charge in [0.25, 0.3) is 0 Å². The summed E-state index contributed by atoms with van der Waals surface area (Å²) in [4.78, 5) is 21.2. The summed E-state index contributed by atoms with van der Waals surface area (Å²) in [6.45, 7) is 5.16. The Hall–Kier alpha value is -3.23. The molecule has 0 spiro atoms. The van der Waals surface area contributed by atoms with Crippen LogP contribution in [0.25, 0.3) is 5.65 Å². The molecule has 1 unspecified atom stereocenters. The molecule has 9 nitrogen and oxygen atoms in total. The molecule has 0 fully saturated rings. The molecule has 2 aliphatic heterocycles. The van der Waals surface area contributed by atoms with E-state index in [0.717, 1.165) is 36.1 Å². The predicted molar refractivity (Wildman–Crippen MR) is 98.2 cm³/mol. The van der Waals surface area contributed by atoms with Crippen LogP contribution in [0.3, 0.4) is 0 Å². The number of fused-ring (bicyclic) bond motifs is 2.